The third-order valence-corrected chi connectivity index (χ3v) is 10.2. The van der Waals surface area contributed by atoms with Crippen molar-refractivity contribution in [2.24, 2.45) is 46.3 Å². The van der Waals surface area contributed by atoms with Crippen molar-refractivity contribution >= 4 is 5.97 Å². The molecule has 4 aliphatic carbocycles. The van der Waals surface area contributed by atoms with E-state index in [0.717, 1.165) is 32.1 Å². The van der Waals surface area contributed by atoms with Gasteiger partial charge >= 0.3 is 5.97 Å². The van der Waals surface area contributed by atoms with Crippen molar-refractivity contribution < 1.29 is 20.1 Å². The van der Waals surface area contributed by atoms with Gasteiger partial charge in [0.15, 0.2) is 0 Å². The van der Waals surface area contributed by atoms with E-state index >= 15 is 0 Å². The standard InChI is InChI=1S/C24H40O4/c1-14(4-7-22(27)28)17-5-6-18-16-13-21(26)20-12-15(25)8-10-24(20,3)19(16)9-11-23(17,18)2/h14-21,25-26H,4-13H2,1-3H3,(H,27,28)/t14-,15-,16-,17+,18-,19-,20+,21+,23+,24+/m0/s1. The van der Waals surface area contributed by atoms with E-state index < -0.39 is 5.97 Å². The van der Waals surface area contributed by atoms with E-state index in [2.05, 4.69) is 20.8 Å². The second-order valence-corrected chi connectivity index (χ2v) is 11.4. The van der Waals surface area contributed by atoms with Gasteiger partial charge < -0.3 is 15.3 Å². The molecule has 3 N–H and O–H groups in total. The number of fused-ring (bicyclic) bond motifs is 5. The summed E-state index contributed by atoms with van der Waals surface area (Å²) in [7, 11) is 0. The van der Waals surface area contributed by atoms with Gasteiger partial charge in [-0.05, 0) is 104 Å². The van der Waals surface area contributed by atoms with Crippen molar-refractivity contribution in [2.45, 2.75) is 97.2 Å². The average molecular weight is 393 g/mol. The monoisotopic (exact) mass is 392 g/mol. The molecule has 4 fully saturated rings. The van der Waals surface area contributed by atoms with Gasteiger partial charge in [-0.1, -0.05) is 20.8 Å². The number of carboxylic acids is 1. The van der Waals surface area contributed by atoms with Crippen LogP contribution in [-0.4, -0.2) is 33.5 Å². The molecule has 4 rings (SSSR count). The van der Waals surface area contributed by atoms with Gasteiger partial charge in [0.1, 0.15) is 0 Å². The van der Waals surface area contributed by atoms with Crippen molar-refractivity contribution in [3.63, 3.8) is 0 Å². The molecule has 0 aliphatic heterocycles. The molecule has 0 bridgehead atoms. The molecule has 160 valence electrons. The van der Waals surface area contributed by atoms with Crippen molar-refractivity contribution in [3.05, 3.63) is 0 Å². The molecule has 4 nitrogen and oxygen atoms in total. The first kappa shape index (κ1) is 20.7. The molecule has 0 amide bonds. The highest BCUT2D eigenvalue weighted by molar-refractivity contribution is 5.66. The third-order valence-electron chi connectivity index (χ3n) is 10.2. The molecule has 4 saturated carbocycles. The van der Waals surface area contributed by atoms with Crippen LogP contribution in [0.2, 0.25) is 0 Å². The van der Waals surface area contributed by atoms with Gasteiger partial charge in [-0.2, -0.15) is 0 Å². The van der Waals surface area contributed by atoms with Crippen LogP contribution in [0.4, 0.5) is 0 Å². The van der Waals surface area contributed by atoms with Crippen LogP contribution in [0.25, 0.3) is 0 Å². The van der Waals surface area contributed by atoms with E-state index in [1.54, 1.807) is 0 Å². The molecule has 0 saturated heterocycles. The molecule has 0 aromatic rings. The largest absolute Gasteiger partial charge is 0.481 e. The molecule has 0 unspecified atom stereocenters. The number of hydrogen-bond acceptors (Lipinski definition) is 3. The van der Waals surface area contributed by atoms with Gasteiger partial charge in [-0.25, -0.2) is 0 Å². The summed E-state index contributed by atoms with van der Waals surface area (Å²) in [5.74, 6) is 2.61. The maximum atomic E-state index is 11.1. The maximum absolute atomic E-state index is 11.1. The van der Waals surface area contributed by atoms with Gasteiger partial charge in [0, 0.05) is 6.42 Å². The van der Waals surface area contributed by atoms with Crippen molar-refractivity contribution in [3.8, 4) is 0 Å². The van der Waals surface area contributed by atoms with E-state index in [1.807, 2.05) is 0 Å². The molecule has 4 heteroatoms. The van der Waals surface area contributed by atoms with Crippen LogP contribution in [0, 0.1) is 46.3 Å². The number of hydrogen-bond donors (Lipinski definition) is 3. The quantitative estimate of drug-likeness (QED) is 0.659. The summed E-state index contributed by atoms with van der Waals surface area (Å²) in [6, 6.07) is 0. The minimum absolute atomic E-state index is 0.176. The molecule has 0 spiro atoms. The number of rotatable bonds is 4. The zero-order valence-corrected chi connectivity index (χ0v) is 17.9. The fourth-order valence-corrected chi connectivity index (χ4v) is 8.81. The fourth-order valence-electron chi connectivity index (χ4n) is 8.81. The molecule has 0 aromatic heterocycles. The summed E-state index contributed by atoms with van der Waals surface area (Å²) in [4.78, 5) is 11.1. The highest BCUT2D eigenvalue weighted by atomic mass is 16.4. The Labute approximate surface area is 170 Å². The molecule has 4 aliphatic rings. The molecular formula is C24H40O4. The number of carbonyl (C=O) groups is 1. The predicted molar refractivity (Wildman–Crippen MR) is 109 cm³/mol. The minimum Gasteiger partial charge on any atom is -0.481 e. The van der Waals surface area contributed by atoms with E-state index in [9.17, 15) is 15.0 Å². The molecule has 0 heterocycles. The second kappa shape index (κ2) is 7.27. The summed E-state index contributed by atoms with van der Waals surface area (Å²) >= 11 is 0. The maximum Gasteiger partial charge on any atom is 0.303 e. The van der Waals surface area contributed by atoms with Crippen LogP contribution < -0.4 is 0 Å². The van der Waals surface area contributed by atoms with Gasteiger partial charge in [-0.3, -0.25) is 4.79 Å². The lowest BCUT2D eigenvalue weighted by atomic mass is 9.44. The predicted octanol–water partition coefficient (Wildman–Crippen LogP) is 4.48. The Bertz CT molecular complexity index is 605. The van der Waals surface area contributed by atoms with Crippen LogP contribution >= 0.6 is 0 Å². The van der Waals surface area contributed by atoms with E-state index in [0.29, 0.717) is 35.0 Å². The number of aliphatic carboxylic acids is 1. The Morgan fingerprint density at radius 2 is 1.64 bits per heavy atom. The lowest BCUT2D eigenvalue weighted by Crippen LogP contribution is -2.58. The fraction of sp³-hybridized carbons (Fsp3) is 0.958. The highest BCUT2D eigenvalue weighted by Crippen LogP contribution is 2.68. The number of aliphatic hydroxyl groups is 2. The van der Waals surface area contributed by atoms with Crippen LogP contribution in [-0.2, 0) is 4.79 Å². The summed E-state index contributed by atoms with van der Waals surface area (Å²) in [6.07, 6.45) is 9.16. The number of aliphatic hydroxyl groups excluding tert-OH is 2. The Hall–Kier alpha value is -0.610. The van der Waals surface area contributed by atoms with Crippen LogP contribution in [0.5, 0.6) is 0 Å². The first-order chi connectivity index (χ1) is 13.2. The summed E-state index contributed by atoms with van der Waals surface area (Å²) in [5.41, 5.74) is 0.478. The normalized spacial score (nSPS) is 51.7. The Kier molecular flexibility index (Phi) is 5.36. The highest BCUT2D eigenvalue weighted by Gasteiger charge is 2.62. The first-order valence-corrected chi connectivity index (χ1v) is 11.7. The van der Waals surface area contributed by atoms with Gasteiger partial charge in [0.25, 0.3) is 0 Å². The SMILES string of the molecule is C[C@@H](CCC(=O)O)[C@H]1CC[C@H]2[C@@H]3C[C@@H](O)[C@H]4C[C@@H](O)CC[C@]4(C)[C@H]3CC[C@]12C. The molecule has 10 atom stereocenters. The smallest absolute Gasteiger partial charge is 0.303 e. The average Bonchev–Trinajstić information content (AvgIpc) is 2.99. The first-order valence-electron chi connectivity index (χ1n) is 11.7. The van der Waals surface area contributed by atoms with Gasteiger partial charge in [0.2, 0.25) is 0 Å². The van der Waals surface area contributed by atoms with Crippen LogP contribution in [0.15, 0.2) is 0 Å². The van der Waals surface area contributed by atoms with Crippen molar-refractivity contribution in [1.82, 2.24) is 0 Å². The van der Waals surface area contributed by atoms with Crippen LogP contribution in [0.3, 0.4) is 0 Å². The lowest BCUT2D eigenvalue weighted by Gasteiger charge is -2.62. The number of carboxylic acid groups (broad SMARTS) is 1. The minimum atomic E-state index is -0.677. The second-order valence-electron chi connectivity index (χ2n) is 11.4. The Morgan fingerprint density at radius 1 is 0.964 bits per heavy atom. The van der Waals surface area contributed by atoms with Gasteiger partial charge in [-0.15, -0.1) is 0 Å². The van der Waals surface area contributed by atoms with E-state index in [-0.39, 0.29) is 30.0 Å². The Balaban J connectivity index is 1.55. The van der Waals surface area contributed by atoms with Crippen molar-refractivity contribution in [2.75, 3.05) is 0 Å². The zero-order chi connectivity index (χ0) is 20.3. The molecular weight excluding hydrogens is 352 g/mol. The van der Waals surface area contributed by atoms with Crippen LogP contribution in [0.1, 0.15) is 85.0 Å². The van der Waals surface area contributed by atoms with E-state index in [4.69, 9.17) is 5.11 Å². The topological polar surface area (TPSA) is 77.8 Å². The van der Waals surface area contributed by atoms with Crippen molar-refractivity contribution in [1.29, 1.82) is 0 Å². The molecule has 0 radical (unpaired) electrons. The van der Waals surface area contributed by atoms with Gasteiger partial charge in [0.05, 0.1) is 12.2 Å². The summed E-state index contributed by atoms with van der Waals surface area (Å²) in [6.45, 7) is 7.16. The summed E-state index contributed by atoms with van der Waals surface area (Å²) < 4.78 is 0. The molecule has 0 aromatic carbocycles. The Morgan fingerprint density at radius 3 is 2.36 bits per heavy atom. The third kappa shape index (κ3) is 3.14. The summed E-state index contributed by atoms with van der Waals surface area (Å²) in [5, 5.41) is 30.4. The lowest BCUT2D eigenvalue weighted by molar-refractivity contribution is -0.172. The van der Waals surface area contributed by atoms with E-state index in [1.165, 1.54) is 25.7 Å². The molecule has 28 heavy (non-hydrogen) atoms. The zero-order valence-electron chi connectivity index (χ0n) is 17.9.